The van der Waals surface area contributed by atoms with Gasteiger partial charge in [-0.25, -0.2) is 0 Å². The van der Waals surface area contributed by atoms with E-state index in [0.29, 0.717) is 5.76 Å². The van der Waals surface area contributed by atoms with Gasteiger partial charge in [-0.2, -0.15) is 0 Å². The van der Waals surface area contributed by atoms with Crippen molar-refractivity contribution >= 4 is 16.8 Å². The lowest BCUT2D eigenvalue weighted by Crippen LogP contribution is -2.37. The van der Waals surface area contributed by atoms with Crippen molar-refractivity contribution in [1.82, 2.24) is 0 Å². The number of rotatable bonds is 3. The molecule has 1 saturated carbocycles. The van der Waals surface area contributed by atoms with Gasteiger partial charge >= 0.3 is 0 Å². The van der Waals surface area contributed by atoms with E-state index < -0.39 is 5.60 Å². The quantitative estimate of drug-likeness (QED) is 0.784. The van der Waals surface area contributed by atoms with E-state index in [0.717, 1.165) is 42.2 Å². The molecule has 3 heteroatoms. The zero-order valence-electron chi connectivity index (χ0n) is 11.4. The second-order valence-electron chi connectivity index (χ2n) is 5.39. The van der Waals surface area contributed by atoms with Crippen LogP contribution in [0.15, 0.2) is 28.7 Å². The summed E-state index contributed by atoms with van der Waals surface area (Å²) in [7, 11) is 1.62. The molecule has 1 aromatic heterocycles. The third-order valence-electron chi connectivity index (χ3n) is 4.11. The maximum Gasteiger partial charge on any atom is 0.229 e. The molecule has 3 rings (SSSR count). The van der Waals surface area contributed by atoms with Crippen LogP contribution in [0.2, 0.25) is 0 Å². The zero-order chi connectivity index (χ0) is 13.5. The Morgan fingerprint density at radius 1 is 1.26 bits per heavy atom. The van der Waals surface area contributed by atoms with Gasteiger partial charge in [-0.05, 0) is 50.8 Å². The van der Waals surface area contributed by atoms with E-state index in [1.807, 2.05) is 31.2 Å². The monoisotopic (exact) mass is 258 g/mol. The number of fused-ring (bicyclic) bond motifs is 1. The largest absolute Gasteiger partial charge is 0.453 e. The molecule has 1 fully saturated rings. The summed E-state index contributed by atoms with van der Waals surface area (Å²) in [6, 6.07) is 7.77. The van der Waals surface area contributed by atoms with Crippen LogP contribution in [0, 0.1) is 6.92 Å². The van der Waals surface area contributed by atoms with Gasteiger partial charge < -0.3 is 9.15 Å². The van der Waals surface area contributed by atoms with Crippen molar-refractivity contribution < 1.29 is 13.9 Å². The van der Waals surface area contributed by atoms with Crippen LogP contribution in [0.5, 0.6) is 0 Å². The summed E-state index contributed by atoms with van der Waals surface area (Å²) in [6.07, 6.45) is 3.66. The highest BCUT2D eigenvalue weighted by molar-refractivity contribution is 6.03. The summed E-state index contributed by atoms with van der Waals surface area (Å²) < 4.78 is 11.2. The van der Waals surface area contributed by atoms with Crippen molar-refractivity contribution in [3.8, 4) is 0 Å². The standard InChI is InChI=1S/C16H18O3/c1-11-5-6-13-12(9-11)10-14(19-13)15(17)16(18-2)7-3-4-8-16/h5-6,9-10H,3-4,7-8H2,1-2H3. The van der Waals surface area contributed by atoms with E-state index in [1.54, 1.807) is 7.11 Å². The SMILES string of the molecule is COC1(C(=O)c2cc3cc(C)ccc3o2)CCCC1. The Hall–Kier alpha value is -1.61. The number of carbonyl (C=O) groups is 1. The summed E-state index contributed by atoms with van der Waals surface area (Å²) >= 11 is 0. The van der Waals surface area contributed by atoms with Crippen LogP contribution in [0.1, 0.15) is 41.8 Å². The molecule has 1 aromatic carbocycles. The average molecular weight is 258 g/mol. The van der Waals surface area contributed by atoms with Gasteiger partial charge in [0.15, 0.2) is 5.76 Å². The molecule has 1 aliphatic carbocycles. The molecule has 0 aliphatic heterocycles. The Labute approximate surface area is 112 Å². The first-order valence-corrected chi connectivity index (χ1v) is 6.75. The third-order valence-corrected chi connectivity index (χ3v) is 4.11. The molecule has 1 heterocycles. The summed E-state index contributed by atoms with van der Waals surface area (Å²) in [6.45, 7) is 2.03. The molecule has 0 N–H and O–H groups in total. The minimum Gasteiger partial charge on any atom is -0.453 e. The second-order valence-corrected chi connectivity index (χ2v) is 5.39. The van der Waals surface area contributed by atoms with E-state index in [9.17, 15) is 4.79 Å². The van der Waals surface area contributed by atoms with Gasteiger partial charge in [-0.15, -0.1) is 0 Å². The van der Waals surface area contributed by atoms with E-state index >= 15 is 0 Å². The molecule has 19 heavy (non-hydrogen) atoms. The lowest BCUT2D eigenvalue weighted by atomic mass is 9.94. The van der Waals surface area contributed by atoms with Gasteiger partial charge in [-0.3, -0.25) is 4.79 Å². The number of carbonyl (C=O) groups excluding carboxylic acids is 1. The molecule has 1 aliphatic rings. The molecule has 0 atom stereocenters. The Bertz CT molecular complexity index is 618. The van der Waals surface area contributed by atoms with Crippen molar-refractivity contribution in [2.75, 3.05) is 7.11 Å². The molecule has 0 bridgehead atoms. The van der Waals surface area contributed by atoms with Gasteiger partial charge in [0.25, 0.3) is 0 Å². The van der Waals surface area contributed by atoms with Gasteiger partial charge in [-0.1, -0.05) is 11.6 Å². The van der Waals surface area contributed by atoms with Crippen molar-refractivity contribution in [3.05, 3.63) is 35.6 Å². The molecule has 100 valence electrons. The summed E-state index contributed by atoms with van der Waals surface area (Å²) in [5, 5.41) is 0.979. The topological polar surface area (TPSA) is 39.4 Å². The van der Waals surface area contributed by atoms with Crippen LogP contribution in [-0.4, -0.2) is 18.5 Å². The smallest absolute Gasteiger partial charge is 0.229 e. The summed E-state index contributed by atoms with van der Waals surface area (Å²) in [5.74, 6) is 0.408. The predicted molar refractivity (Wildman–Crippen MR) is 73.5 cm³/mol. The number of furan rings is 1. The van der Waals surface area contributed by atoms with Gasteiger partial charge in [0.05, 0.1) is 0 Å². The fourth-order valence-corrected chi connectivity index (χ4v) is 2.97. The number of hydrogen-bond donors (Lipinski definition) is 0. The molecule has 0 spiro atoms. The van der Waals surface area contributed by atoms with Gasteiger partial charge in [0, 0.05) is 12.5 Å². The molecule has 0 amide bonds. The number of ether oxygens (including phenoxy) is 1. The average Bonchev–Trinajstić information content (AvgIpc) is 3.04. The Kier molecular flexibility index (Phi) is 2.94. The second kappa shape index (κ2) is 4.49. The van der Waals surface area contributed by atoms with E-state index in [-0.39, 0.29) is 5.78 Å². The van der Waals surface area contributed by atoms with Crippen LogP contribution in [0.4, 0.5) is 0 Å². The van der Waals surface area contributed by atoms with E-state index in [4.69, 9.17) is 9.15 Å². The van der Waals surface area contributed by atoms with Crippen molar-refractivity contribution in [2.24, 2.45) is 0 Å². The Balaban J connectivity index is 2.01. The minimum absolute atomic E-state index is 0.0126. The third kappa shape index (κ3) is 1.98. The van der Waals surface area contributed by atoms with Crippen molar-refractivity contribution in [3.63, 3.8) is 0 Å². The Morgan fingerprint density at radius 2 is 2.00 bits per heavy atom. The van der Waals surface area contributed by atoms with Crippen LogP contribution >= 0.6 is 0 Å². The van der Waals surface area contributed by atoms with Crippen LogP contribution in [0.3, 0.4) is 0 Å². The molecule has 0 saturated heterocycles. The first-order chi connectivity index (χ1) is 9.14. The first kappa shape index (κ1) is 12.4. The highest BCUT2D eigenvalue weighted by atomic mass is 16.5. The fourth-order valence-electron chi connectivity index (χ4n) is 2.97. The summed E-state index contributed by atoms with van der Waals surface area (Å²) in [5.41, 5.74) is 1.26. The molecule has 0 unspecified atom stereocenters. The van der Waals surface area contributed by atoms with Crippen LogP contribution in [-0.2, 0) is 4.74 Å². The van der Waals surface area contributed by atoms with Crippen molar-refractivity contribution in [2.45, 2.75) is 38.2 Å². The Morgan fingerprint density at radius 3 is 2.68 bits per heavy atom. The number of ketones is 1. The fraction of sp³-hybridized carbons (Fsp3) is 0.438. The number of methoxy groups -OCH3 is 1. The van der Waals surface area contributed by atoms with Crippen molar-refractivity contribution in [1.29, 1.82) is 0 Å². The number of hydrogen-bond acceptors (Lipinski definition) is 3. The van der Waals surface area contributed by atoms with E-state index in [1.165, 1.54) is 0 Å². The minimum atomic E-state index is -0.664. The van der Waals surface area contributed by atoms with E-state index in [2.05, 4.69) is 0 Å². The van der Waals surface area contributed by atoms with Crippen LogP contribution < -0.4 is 0 Å². The highest BCUT2D eigenvalue weighted by Crippen LogP contribution is 2.36. The normalized spacial score (nSPS) is 18.0. The number of Topliss-reactive ketones (excluding diaryl/α,β-unsaturated/α-hetero) is 1. The zero-order valence-corrected chi connectivity index (χ0v) is 11.4. The number of benzene rings is 1. The molecule has 2 aromatic rings. The highest BCUT2D eigenvalue weighted by Gasteiger charge is 2.43. The van der Waals surface area contributed by atoms with Crippen LogP contribution in [0.25, 0.3) is 11.0 Å². The van der Waals surface area contributed by atoms with Gasteiger partial charge in [0.2, 0.25) is 5.78 Å². The molecule has 3 nitrogen and oxygen atoms in total. The maximum absolute atomic E-state index is 12.6. The summed E-state index contributed by atoms with van der Waals surface area (Å²) in [4.78, 5) is 12.6. The first-order valence-electron chi connectivity index (χ1n) is 6.75. The number of aryl methyl sites for hydroxylation is 1. The molecular formula is C16H18O3. The molecule has 0 radical (unpaired) electrons. The maximum atomic E-state index is 12.6. The van der Waals surface area contributed by atoms with Gasteiger partial charge in [0.1, 0.15) is 11.2 Å². The molecular weight excluding hydrogens is 240 g/mol. The lowest BCUT2D eigenvalue weighted by Gasteiger charge is -2.24. The lowest BCUT2D eigenvalue weighted by molar-refractivity contribution is 0.00402. The predicted octanol–water partition coefficient (Wildman–Crippen LogP) is 3.88.